The molecule has 0 aromatic carbocycles. The molecule has 4 heterocycles. The van der Waals surface area contributed by atoms with E-state index in [0.717, 1.165) is 41.9 Å². The summed E-state index contributed by atoms with van der Waals surface area (Å²) in [5.74, 6) is 1.07. The zero-order chi connectivity index (χ0) is 23.5. The second-order valence-corrected chi connectivity index (χ2v) is 7.93. The Morgan fingerprint density at radius 2 is 1.79 bits per heavy atom. The van der Waals surface area contributed by atoms with Crippen LogP contribution in [0.5, 0.6) is 5.75 Å². The minimum absolute atomic E-state index is 0.0738. The Labute approximate surface area is 193 Å². The average Bonchev–Trinajstić information content (AvgIpc) is 3.47. The molecule has 9 nitrogen and oxygen atoms in total. The van der Waals surface area contributed by atoms with Gasteiger partial charge in [0.1, 0.15) is 11.9 Å². The molecule has 0 bridgehead atoms. The number of nitrogens with zero attached hydrogens (tertiary/aromatic N) is 6. The number of halogens is 2. The molecule has 2 atom stereocenters. The van der Waals surface area contributed by atoms with Gasteiger partial charge in [-0.3, -0.25) is 0 Å². The van der Waals surface area contributed by atoms with Crippen LogP contribution < -0.4 is 15.4 Å². The van der Waals surface area contributed by atoms with Crippen molar-refractivity contribution < 1.29 is 13.5 Å². The summed E-state index contributed by atoms with van der Waals surface area (Å²) in [6.45, 7) is -2.90. The van der Waals surface area contributed by atoms with Gasteiger partial charge in [-0.2, -0.15) is 19.1 Å². The van der Waals surface area contributed by atoms with Crippen molar-refractivity contribution >= 4 is 17.3 Å². The molecule has 0 aliphatic heterocycles. The van der Waals surface area contributed by atoms with Crippen molar-refractivity contribution in [3.05, 3.63) is 60.7 Å². The molecule has 4 aromatic rings. The molecule has 0 spiro atoms. The molecular formula is C23H20F2N8O. The van der Waals surface area contributed by atoms with Gasteiger partial charge in [-0.05, 0) is 43.5 Å². The minimum atomic E-state index is -2.90. The van der Waals surface area contributed by atoms with Gasteiger partial charge in [-0.15, -0.1) is 0 Å². The first-order chi connectivity index (χ1) is 16.6. The molecule has 172 valence electrons. The Kier molecular flexibility index (Phi) is 5.86. The van der Waals surface area contributed by atoms with Crippen molar-refractivity contribution in [2.45, 2.75) is 38.0 Å². The third-order valence-corrected chi connectivity index (χ3v) is 5.69. The monoisotopic (exact) mass is 462 g/mol. The van der Waals surface area contributed by atoms with Crippen LogP contribution in [-0.2, 0) is 0 Å². The molecule has 0 amide bonds. The van der Waals surface area contributed by atoms with E-state index < -0.39 is 6.61 Å². The Morgan fingerprint density at radius 1 is 1.00 bits per heavy atom. The van der Waals surface area contributed by atoms with Crippen LogP contribution in [0.2, 0.25) is 0 Å². The number of nitrogens with one attached hydrogen (secondary N) is 2. The Morgan fingerprint density at radius 3 is 2.50 bits per heavy atom. The number of pyridine rings is 2. The zero-order valence-electron chi connectivity index (χ0n) is 17.9. The number of alkyl halides is 2. The van der Waals surface area contributed by atoms with E-state index in [-0.39, 0.29) is 17.8 Å². The topological polar surface area (TPSA) is 113 Å². The van der Waals surface area contributed by atoms with E-state index in [1.165, 1.54) is 12.4 Å². The Bertz CT molecular complexity index is 1320. The maximum atomic E-state index is 12.2. The van der Waals surface area contributed by atoms with Crippen molar-refractivity contribution in [3.63, 3.8) is 0 Å². The van der Waals surface area contributed by atoms with Gasteiger partial charge in [0.15, 0.2) is 5.75 Å². The highest BCUT2D eigenvalue weighted by molar-refractivity contribution is 5.68. The lowest BCUT2D eigenvalue weighted by Gasteiger charge is -2.15. The molecule has 34 heavy (non-hydrogen) atoms. The molecule has 2 N–H and O–H groups in total. The summed E-state index contributed by atoms with van der Waals surface area (Å²) in [7, 11) is 0. The predicted molar refractivity (Wildman–Crippen MR) is 120 cm³/mol. The second kappa shape index (κ2) is 9.27. The first-order valence-corrected chi connectivity index (χ1v) is 10.7. The molecule has 1 aliphatic rings. The van der Waals surface area contributed by atoms with Gasteiger partial charge in [0.05, 0.1) is 35.4 Å². The fourth-order valence-electron chi connectivity index (χ4n) is 4.14. The number of hydrogen-bond donors (Lipinski definition) is 2. The average molecular weight is 462 g/mol. The Hall–Kier alpha value is -4.33. The van der Waals surface area contributed by atoms with Crippen LogP contribution in [0.4, 0.5) is 20.5 Å². The Balaban J connectivity index is 1.19. The molecule has 1 fully saturated rings. The van der Waals surface area contributed by atoms with Crippen molar-refractivity contribution in [2.24, 2.45) is 0 Å². The summed E-state index contributed by atoms with van der Waals surface area (Å²) in [5, 5.41) is 20.2. The van der Waals surface area contributed by atoms with Gasteiger partial charge < -0.3 is 15.4 Å². The normalized spacial score (nSPS) is 17.6. The highest BCUT2D eigenvalue weighted by Crippen LogP contribution is 2.26. The van der Waals surface area contributed by atoms with Crippen molar-refractivity contribution in [3.8, 4) is 23.1 Å². The molecule has 1 saturated carbocycles. The molecule has 0 saturated heterocycles. The number of nitriles is 1. The molecule has 4 aromatic heterocycles. The lowest BCUT2D eigenvalue weighted by atomic mass is 10.1. The summed E-state index contributed by atoms with van der Waals surface area (Å²) in [6.07, 6.45) is 8.49. The van der Waals surface area contributed by atoms with Gasteiger partial charge in [0, 0.05) is 23.8 Å². The van der Waals surface area contributed by atoms with Gasteiger partial charge in [0.25, 0.3) is 0 Å². The van der Waals surface area contributed by atoms with Crippen molar-refractivity contribution in [1.82, 2.24) is 24.6 Å². The number of fused-ring (bicyclic) bond motifs is 1. The van der Waals surface area contributed by atoms with E-state index >= 15 is 0 Å². The first kappa shape index (κ1) is 21.5. The van der Waals surface area contributed by atoms with Crippen LogP contribution >= 0.6 is 0 Å². The number of aromatic nitrogens is 5. The fraction of sp³-hybridized carbons (Fsp3) is 0.261. The maximum Gasteiger partial charge on any atom is 0.387 e. The summed E-state index contributed by atoms with van der Waals surface area (Å²) in [6, 6.07) is 12.1. The van der Waals surface area contributed by atoms with Crippen molar-refractivity contribution in [2.75, 3.05) is 10.6 Å². The van der Waals surface area contributed by atoms with Crippen LogP contribution in [0.15, 0.2) is 55.1 Å². The fourth-order valence-corrected chi connectivity index (χ4v) is 4.14. The number of rotatable bonds is 7. The molecule has 0 unspecified atom stereocenters. The third-order valence-electron chi connectivity index (χ3n) is 5.69. The molecule has 1 aliphatic carbocycles. The highest BCUT2D eigenvalue weighted by Gasteiger charge is 2.25. The third kappa shape index (κ3) is 4.56. The number of anilines is 2. The van der Waals surface area contributed by atoms with Gasteiger partial charge in [0.2, 0.25) is 5.95 Å². The van der Waals surface area contributed by atoms with E-state index in [1.54, 1.807) is 16.9 Å². The standard InChI is InChI=1S/C23H20F2N8O/c24-22(25)34-18-12-28-23(29-13-18)32-17-6-5-16(8-17)31-21-7-4-14(10-27-21)19-2-1-3-20-15(9-26)11-30-33(19)20/h1-4,7,10-13,16-17,22H,5-6,8H2,(H,27,31)(H,28,29,32)/t16-,17-/m0/s1. The number of ether oxygens (including phenoxy) is 1. The van der Waals surface area contributed by atoms with Crippen LogP contribution in [0.3, 0.4) is 0 Å². The van der Waals surface area contributed by atoms with Crippen LogP contribution in [0, 0.1) is 11.3 Å². The lowest BCUT2D eigenvalue weighted by molar-refractivity contribution is -0.0503. The summed E-state index contributed by atoms with van der Waals surface area (Å²) >= 11 is 0. The lowest BCUT2D eigenvalue weighted by Crippen LogP contribution is -2.22. The smallest absolute Gasteiger partial charge is 0.387 e. The predicted octanol–water partition coefficient (Wildman–Crippen LogP) is 4.10. The van der Waals surface area contributed by atoms with Crippen molar-refractivity contribution in [1.29, 1.82) is 5.26 Å². The highest BCUT2D eigenvalue weighted by atomic mass is 19.3. The van der Waals surface area contributed by atoms with Crippen LogP contribution in [0.1, 0.15) is 24.8 Å². The van der Waals surface area contributed by atoms with E-state index in [1.807, 2.05) is 30.3 Å². The van der Waals surface area contributed by atoms with E-state index in [2.05, 4.69) is 41.5 Å². The van der Waals surface area contributed by atoms with E-state index in [0.29, 0.717) is 11.5 Å². The van der Waals surface area contributed by atoms with E-state index in [4.69, 9.17) is 0 Å². The number of hydrogen-bond acceptors (Lipinski definition) is 8. The SMILES string of the molecule is N#Cc1cnn2c(-c3ccc(N[C@H]4CC[C@H](Nc5ncc(OC(F)F)cn5)C4)nc3)cccc12. The van der Waals surface area contributed by atoms with E-state index in [9.17, 15) is 14.0 Å². The summed E-state index contributed by atoms with van der Waals surface area (Å²) in [4.78, 5) is 12.6. The first-order valence-electron chi connectivity index (χ1n) is 10.7. The van der Waals surface area contributed by atoms with Gasteiger partial charge in [-0.1, -0.05) is 6.07 Å². The summed E-state index contributed by atoms with van der Waals surface area (Å²) in [5.41, 5.74) is 3.03. The molecule has 0 radical (unpaired) electrons. The molecule has 5 rings (SSSR count). The van der Waals surface area contributed by atoms with Gasteiger partial charge >= 0.3 is 6.61 Å². The largest absolute Gasteiger partial charge is 0.432 e. The quantitative estimate of drug-likeness (QED) is 0.422. The second-order valence-electron chi connectivity index (χ2n) is 7.93. The van der Waals surface area contributed by atoms with Gasteiger partial charge in [-0.25, -0.2) is 19.5 Å². The maximum absolute atomic E-state index is 12.2. The minimum Gasteiger partial charge on any atom is -0.432 e. The molecular weight excluding hydrogens is 442 g/mol. The zero-order valence-corrected chi connectivity index (χ0v) is 17.9. The summed E-state index contributed by atoms with van der Waals surface area (Å²) < 4.78 is 30.5. The van der Waals surface area contributed by atoms with Crippen LogP contribution in [-0.4, -0.2) is 43.3 Å². The molecule has 11 heteroatoms. The van der Waals surface area contributed by atoms with Crippen LogP contribution in [0.25, 0.3) is 16.8 Å².